The Balaban J connectivity index is 3.33. The molecule has 0 aliphatic heterocycles. The molecule has 0 radical (unpaired) electrons. The average Bonchev–Trinajstić information content (AvgIpc) is 2.12. The number of ketones is 1. The fourth-order valence-corrected chi connectivity index (χ4v) is 1.51. The molecule has 1 aromatic rings. The first-order valence-electron chi connectivity index (χ1n) is 4.07. The molecule has 1 aromatic carbocycles. The van der Waals surface area contributed by atoms with Crippen LogP contribution in [0.3, 0.4) is 0 Å². The number of hydrogen-bond donors (Lipinski definition) is 1. The first kappa shape index (κ1) is 10.2. The van der Waals surface area contributed by atoms with Crippen LogP contribution in [0, 0.1) is 13.8 Å². The van der Waals surface area contributed by atoms with Gasteiger partial charge >= 0.3 is 0 Å². The summed E-state index contributed by atoms with van der Waals surface area (Å²) in [6, 6.07) is 3.62. The van der Waals surface area contributed by atoms with E-state index in [2.05, 4.69) is 0 Å². The van der Waals surface area contributed by atoms with Crippen LogP contribution in [0.5, 0.6) is 0 Å². The van der Waals surface area contributed by atoms with Crippen molar-refractivity contribution in [3.63, 3.8) is 0 Å². The van der Waals surface area contributed by atoms with Gasteiger partial charge in [0.1, 0.15) is 0 Å². The van der Waals surface area contributed by atoms with Gasteiger partial charge < -0.3 is 5.73 Å². The van der Waals surface area contributed by atoms with Crippen molar-refractivity contribution in [1.29, 1.82) is 0 Å². The third kappa shape index (κ3) is 1.90. The Morgan fingerprint density at radius 2 is 2.08 bits per heavy atom. The van der Waals surface area contributed by atoms with Gasteiger partial charge in [-0.3, -0.25) is 4.79 Å². The van der Waals surface area contributed by atoms with Crippen LogP contribution in [0.25, 0.3) is 0 Å². The Kier molecular flexibility index (Phi) is 3.07. The molecule has 70 valence electrons. The van der Waals surface area contributed by atoms with Gasteiger partial charge in [0.05, 0.1) is 6.54 Å². The van der Waals surface area contributed by atoms with Gasteiger partial charge in [-0.1, -0.05) is 17.7 Å². The van der Waals surface area contributed by atoms with Crippen molar-refractivity contribution >= 4 is 17.4 Å². The van der Waals surface area contributed by atoms with Crippen LogP contribution in [-0.2, 0) is 0 Å². The molecule has 2 N–H and O–H groups in total. The number of carbonyl (C=O) groups excluding carboxylic acids is 1. The van der Waals surface area contributed by atoms with Crippen LogP contribution in [-0.4, -0.2) is 12.3 Å². The van der Waals surface area contributed by atoms with Crippen molar-refractivity contribution < 1.29 is 4.79 Å². The smallest absolute Gasteiger partial charge is 0.176 e. The maximum absolute atomic E-state index is 11.4. The number of aryl methyl sites for hydroxylation is 1. The minimum atomic E-state index is -0.0579. The third-order valence-corrected chi connectivity index (χ3v) is 2.48. The molecule has 0 aliphatic carbocycles. The van der Waals surface area contributed by atoms with Gasteiger partial charge in [-0.25, -0.2) is 0 Å². The predicted octanol–water partition coefficient (Wildman–Crippen LogP) is 2.10. The van der Waals surface area contributed by atoms with E-state index in [0.29, 0.717) is 10.6 Å². The van der Waals surface area contributed by atoms with E-state index in [1.165, 1.54) is 0 Å². The largest absolute Gasteiger partial charge is 0.324 e. The average molecular weight is 198 g/mol. The zero-order chi connectivity index (χ0) is 10.0. The minimum Gasteiger partial charge on any atom is -0.324 e. The Morgan fingerprint density at radius 3 is 2.62 bits per heavy atom. The van der Waals surface area contributed by atoms with Crippen LogP contribution in [0.2, 0.25) is 5.02 Å². The van der Waals surface area contributed by atoms with Crippen molar-refractivity contribution in [3.05, 3.63) is 33.8 Å². The lowest BCUT2D eigenvalue weighted by atomic mass is 9.99. The van der Waals surface area contributed by atoms with Crippen molar-refractivity contribution in [2.24, 2.45) is 5.73 Å². The predicted molar refractivity (Wildman–Crippen MR) is 54.3 cm³/mol. The highest BCUT2D eigenvalue weighted by atomic mass is 35.5. The van der Waals surface area contributed by atoms with E-state index >= 15 is 0 Å². The van der Waals surface area contributed by atoms with Crippen molar-refractivity contribution in [1.82, 2.24) is 0 Å². The molecule has 0 unspecified atom stereocenters. The number of benzene rings is 1. The summed E-state index contributed by atoms with van der Waals surface area (Å²) in [6.45, 7) is 3.74. The zero-order valence-electron chi connectivity index (χ0n) is 7.73. The van der Waals surface area contributed by atoms with Gasteiger partial charge in [-0.05, 0) is 31.0 Å². The van der Waals surface area contributed by atoms with E-state index in [-0.39, 0.29) is 12.3 Å². The van der Waals surface area contributed by atoms with Crippen LogP contribution >= 0.6 is 11.6 Å². The second-order valence-electron chi connectivity index (χ2n) is 2.99. The highest BCUT2D eigenvalue weighted by Crippen LogP contribution is 2.22. The summed E-state index contributed by atoms with van der Waals surface area (Å²) in [5.74, 6) is -0.0579. The maximum Gasteiger partial charge on any atom is 0.176 e. The molecule has 0 amide bonds. The first-order valence-corrected chi connectivity index (χ1v) is 4.44. The maximum atomic E-state index is 11.4. The number of halogens is 1. The summed E-state index contributed by atoms with van der Waals surface area (Å²) >= 11 is 5.89. The number of nitrogens with two attached hydrogens (primary N) is 1. The van der Waals surface area contributed by atoms with Gasteiger partial charge in [-0.2, -0.15) is 0 Å². The molecule has 0 saturated carbocycles. The van der Waals surface area contributed by atoms with E-state index in [9.17, 15) is 4.79 Å². The highest BCUT2D eigenvalue weighted by molar-refractivity contribution is 6.32. The normalized spacial score (nSPS) is 10.2. The van der Waals surface area contributed by atoms with E-state index in [0.717, 1.165) is 11.1 Å². The van der Waals surface area contributed by atoms with E-state index in [1.807, 2.05) is 19.9 Å². The first-order chi connectivity index (χ1) is 6.07. The Bertz CT molecular complexity index is 347. The standard InChI is InChI=1S/C10H12ClNO/c1-6-3-4-8(11)7(2)10(6)9(13)5-12/h3-4H,5,12H2,1-2H3. The molecule has 13 heavy (non-hydrogen) atoms. The topological polar surface area (TPSA) is 43.1 Å². The van der Waals surface area contributed by atoms with Crippen molar-refractivity contribution in [2.45, 2.75) is 13.8 Å². The number of hydrogen-bond acceptors (Lipinski definition) is 2. The second kappa shape index (κ2) is 3.90. The molecule has 0 bridgehead atoms. The molecule has 0 fully saturated rings. The lowest BCUT2D eigenvalue weighted by Crippen LogP contribution is -2.16. The summed E-state index contributed by atoms with van der Waals surface area (Å²) in [4.78, 5) is 11.4. The fraction of sp³-hybridized carbons (Fsp3) is 0.300. The molecule has 1 rings (SSSR count). The SMILES string of the molecule is Cc1ccc(Cl)c(C)c1C(=O)CN. The van der Waals surface area contributed by atoms with E-state index in [1.54, 1.807) is 6.07 Å². The van der Waals surface area contributed by atoms with Crippen LogP contribution < -0.4 is 5.73 Å². The van der Waals surface area contributed by atoms with Gasteiger partial charge in [0.25, 0.3) is 0 Å². The van der Waals surface area contributed by atoms with Crippen LogP contribution in [0.1, 0.15) is 21.5 Å². The molecule has 0 saturated heterocycles. The Hall–Kier alpha value is -0.860. The molecular weight excluding hydrogens is 186 g/mol. The summed E-state index contributed by atoms with van der Waals surface area (Å²) in [5.41, 5.74) is 7.71. The molecule has 0 atom stereocenters. The van der Waals surface area contributed by atoms with E-state index < -0.39 is 0 Å². The number of Topliss-reactive ketones (excluding diaryl/α,β-unsaturated/α-hetero) is 1. The summed E-state index contributed by atoms with van der Waals surface area (Å²) < 4.78 is 0. The molecular formula is C10H12ClNO. The van der Waals surface area contributed by atoms with Gasteiger partial charge in [0, 0.05) is 10.6 Å². The lowest BCUT2D eigenvalue weighted by molar-refractivity contribution is 0.1000. The number of rotatable bonds is 2. The van der Waals surface area contributed by atoms with Crippen molar-refractivity contribution in [2.75, 3.05) is 6.54 Å². The molecule has 0 spiro atoms. The van der Waals surface area contributed by atoms with Gasteiger partial charge in [0.15, 0.2) is 5.78 Å². The monoisotopic (exact) mass is 197 g/mol. The second-order valence-corrected chi connectivity index (χ2v) is 3.40. The molecule has 0 heterocycles. The Morgan fingerprint density at radius 1 is 1.46 bits per heavy atom. The van der Waals surface area contributed by atoms with E-state index in [4.69, 9.17) is 17.3 Å². The quantitative estimate of drug-likeness (QED) is 0.738. The van der Waals surface area contributed by atoms with Gasteiger partial charge in [-0.15, -0.1) is 0 Å². The minimum absolute atomic E-state index is 0.0298. The Labute approximate surface area is 82.7 Å². The molecule has 0 aromatic heterocycles. The molecule has 2 nitrogen and oxygen atoms in total. The zero-order valence-corrected chi connectivity index (χ0v) is 8.48. The summed E-state index contributed by atoms with van der Waals surface area (Å²) in [7, 11) is 0. The number of carbonyl (C=O) groups is 1. The van der Waals surface area contributed by atoms with Crippen molar-refractivity contribution in [3.8, 4) is 0 Å². The molecule has 3 heteroatoms. The third-order valence-electron chi connectivity index (χ3n) is 2.07. The van der Waals surface area contributed by atoms with Crippen LogP contribution in [0.15, 0.2) is 12.1 Å². The fourth-order valence-electron chi connectivity index (χ4n) is 1.35. The van der Waals surface area contributed by atoms with Gasteiger partial charge in [0.2, 0.25) is 0 Å². The van der Waals surface area contributed by atoms with Crippen LogP contribution in [0.4, 0.5) is 0 Å². The molecule has 0 aliphatic rings. The lowest BCUT2D eigenvalue weighted by Gasteiger charge is -2.08. The summed E-state index contributed by atoms with van der Waals surface area (Å²) in [5, 5.41) is 0.613. The highest BCUT2D eigenvalue weighted by Gasteiger charge is 2.12. The summed E-state index contributed by atoms with van der Waals surface area (Å²) in [6.07, 6.45) is 0.